The molecule has 0 unspecified atom stereocenters. The molecular formula is C21H18N2O6S2. The molecule has 1 aliphatic rings. The fraction of sp³-hybridized carbons (Fsp3) is 0.190. The number of hydrogen-bond acceptors (Lipinski definition) is 8. The Hall–Kier alpha value is -3.24. The Morgan fingerprint density at radius 2 is 2.06 bits per heavy atom. The van der Waals surface area contributed by atoms with E-state index in [2.05, 4.69) is 14.4 Å². The van der Waals surface area contributed by atoms with Crippen molar-refractivity contribution in [3.05, 3.63) is 70.2 Å². The molecule has 31 heavy (non-hydrogen) atoms. The summed E-state index contributed by atoms with van der Waals surface area (Å²) in [5, 5.41) is 0.614. The minimum absolute atomic E-state index is 0.179. The largest absolute Gasteiger partial charge is 0.493 e. The molecular weight excluding hydrogens is 440 g/mol. The quantitative estimate of drug-likeness (QED) is 0.565. The number of carbonyl (C=O) groups excluding carboxylic acids is 2. The van der Waals surface area contributed by atoms with E-state index in [0.717, 1.165) is 34.6 Å². The third-order valence-electron chi connectivity index (χ3n) is 4.62. The van der Waals surface area contributed by atoms with Crippen LogP contribution in [-0.4, -0.2) is 39.0 Å². The van der Waals surface area contributed by atoms with Gasteiger partial charge in [-0.25, -0.2) is 22.9 Å². The molecule has 4 rings (SSSR count). The van der Waals surface area contributed by atoms with Crippen LogP contribution in [0.2, 0.25) is 0 Å². The molecule has 0 saturated carbocycles. The first kappa shape index (κ1) is 21.0. The molecule has 0 aliphatic carbocycles. The van der Waals surface area contributed by atoms with Crippen LogP contribution < -0.4 is 9.46 Å². The summed E-state index contributed by atoms with van der Waals surface area (Å²) in [7, 11) is -2.74. The molecule has 2 heterocycles. The van der Waals surface area contributed by atoms with E-state index in [1.165, 1.54) is 25.4 Å². The number of rotatable bonds is 6. The van der Waals surface area contributed by atoms with Crippen LogP contribution in [0.5, 0.6) is 5.75 Å². The van der Waals surface area contributed by atoms with Crippen molar-refractivity contribution < 1.29 is 27.5 Å². The van der Waals surface area contributed by atoms with Crippen molar-refractivity contribution in [1.82, 2.24) is 9.71 Å². The van der Waals surface area contributed by atoms with Gasteiger partial charge in [0.2, 0.25) is 10.0 Å². The normalized spacial score (nSPS) is 12.7. The third kappa shape index (κ3) is 4.75. The average Bonchev–Trinajstić information content (AvgIpc) is 3.41. The fourth-order valence-electron chi connectivity index (χ4n) is 3.19. The van der Waals surface area contributed by atoms with E-state index in [9.17, 15) is 18.0 Å². The summed E-state index contributed by atoms with van der Waals surface area (Å²) in [6.07, 6.45) is 2.17. The van der Waals surface area contributed by atoms with Crippen molar-refractivity contribution >= 4 is 33.2 Å². The number of methoxy groups -OCH3 is 1. The Bertz CT molecular complexity index is 1270. The number of benzene rings is 2. The van der Waals surface area contributed by atoms with Crippen LogP contribution in [-0.2, 0) is 26.9 Å². The molecule has 1 N–H and O–H groups in total. The summed E-state index contributed by atoms with van der Waals surface area (Å²) < 4.78 is 37.1. The van der Waals surface area contributed by atoms with Gasteiger partial charge in [-0.15, -0.1) is 11.3 Å². The summed E-state index contributed by atoms with van der Waals surface area (Å²) in [6.45, 7) is 0.644. The Morgan fingerprint density at radius 3 is 2.87 bits per heavy atom. The van der Waals surface area contributed by atoms with E-state index in [-0.39, 0.29) is 10.4 Å². The zero-order chi connectivity index (χ0) is 22.0. The Kier molecular flexibility index (Phi) is 5.75. The van der Waals surface area contributed by atoms with Crippen LogP contribution in [0, 0.1) is 0 Å². The lowest BCUT2D eigenvalue weighted by Gasteiger charge is -2.07. The Morgan fingerprint density at radius 1 is 1.23 bits per heavy atom. The number of thiazole rings is 1. The summed E-state index contributed by atoms with van der Waals surface area (Å²) in [5.41, 5.74) is 2.51. The first-order valence-electron chi connectivity index (χ1n) is 9.28. The lowest BCUT2D eigenvalue weighted by Crippen LogP contribution is -2.31. The smallest absolute Gasteiger partial charge is 0.337 e. The lowest BCUT2D eigenvalue weighted by molar-refractivity contribution is 0.0600. The SMILES string of the molecule is COC(=O)c1cccc(CS(=O)(=O)NC(=O)c2cnc(-c3ccc4c(c3)CCO4)s2)c1. The van der Waals surface area contributed by atoms with E-state index in [0.29, 0.717) is 17.2 Å². The van der Waals surface area contributed by atoms with Gasteiger partial charge < -0.3 is 9.47 Å². The van der Waals surface area contributed by atoms with Crippen molar-refractivity contribution in [2.24, 2.45) is 0 Å². The van der Waals surface area contributed by atoms with Gasteiger partial charge in [0.15, 0.2) is 0 Å². The number of amides is 1. The molecule has 0 bridgehead atoms. The number of nitrogens with one attached hydrogen (secondary N) is 1. The second-order valence-electron chi connectivity index (χ2n) is 6.83. The number of carbonyl (C=O) groups is 2. The number of hydrogen-bond donors (Lipinski definition) is 1. The van der Waals surface area contributed by atoms with Crippen LogP contribution >= 0.6 is 11.3 Å². The third-order valence-corrected chi connectivity index (χ3v) is 6.87. The highest BCUT2D eigenvalue weighted by atomic mass is 32.2. The first-order valence-corrected chi connectivity index (χ1v) is 11.8. The molecule has 0 atom stereocenters. The predicted octanol–water partition coefficient (Wildman–Crippen LogP) is 2.79. The Labute approximate surface area is 182 Å². The maximum Gasteiger partial charge on any atom is 0.337 e. The minimum Gasteiger partial charge on any atom is -0.493 e. The van der Waals surface area contributed by atoms with Gasteiger partial charge >= 0.3 is 5.97 Å². The molecule has 0 spiro atoms. The zero-order valence-electron chi connectivity index (χ0n) is 16.5. The molecule has 160 valence electrons. The highest BCUT2D eigenvalue weighted by Crippen LogP contribution is 2.32. The topological polar surface area (TPSA) is 112 Å². The van der Waals surface area contributed by atoms with Crippen LogP contribution in [0.1, 0.15) is 31.2 Å². The first-order chi connectivity index (χ1) is 14.8. The zero-order valence-corrected chi connectivity index (χ0v) is 18.1. The van der Waals surface area contributed by atoms with Crippen molar-refractivity contribution in [2.45, 2.75) is 12.2 Å². The second-order valence-corrected chi connectivity index (χ2v) is 9.59. The molecule has 2 aromatic carbocycles. The number of nitrogens with zero attached hydrogens (tertiary/aromatic N) is 1. The maximum atomic E-state index is 12.5. The van der Waals surface area contributed by atoms with Crippen molar-refractivity contribution in [2.75, 3.05) is 13.7 Å². The van der Waals surface area contributed by atoms with Crippen LogP contribution in [0.25, 0.3) is 10.6 Å². The van der Waals surface area contributed by atoms with Crippen molar-refractivity contribution in [3.63, 3.8) is 0 Å². The molecule has 1 aromatic heterocycles. The van der Waals surface area contributed by atoms with Gasteiger partial charge in [0, 0.05) is 12.0 Å². The van der Waals surface area contributed by atoms with E-state index < -0.39 is 27.7 Å². The summed E-state index contributed by atoms with van der Waals surface area (Å²) in [6, 6.07) is 11.7. The molecule has 3 aromatic rings. The van der Waals surface area contributed by atoms with Crippen LogP contribution in [0.15, 0.2) is 48.7 Å². The molecule has 0 radical (unpaired) electrons. The van der Waals surface area contributed by atoms with Gasteiger partial charge in [-0.2, -0.15) is 0 Å². The van der Waals surface area contributed by atoms with Crippen LogP contribution in [0.4, 0.5) is 0 Å². The molecule has 0 fully saturated rings. The molecule has 8 nitrogen and oxygen atoms in total. The van der Waals surface area contributed by atoms with Gasteiger partial charge in [-0.05, 0) is 41.5 Å². The summed E-state index contributed by atoms with van der Waals surface area (Å²) in [5.74, 6) is -0.934. The van der Waals surface area contributed by atoms with Gasteiger partial charge in [0.05, 0.1) is 31.2 Å². The fourth-order valence-corrected chi connectivity index (χ4v) is 5.14. The van der Waals surface area contributed by atoms with Gasteiger partial charge in [0.1, 0.15) is 15.6 Å². The lowest BCUT2D eigenvalue weighted by atomic mass is 10.1. The van der Waals surface area contributed by atoms with E-state index in [4.69, 9.17) is 4.74 Å². The van der Waals surface area contributed by atoms with Crippen LogP contribution in [0.3, 0.4) is 0 Å². The van der Waals surface area contributed by atoms with Crippen molar-refractivity contribution in [1.29, 1.82) is 0 Å². The van der Waals surface area contributed by atoms with Gasteiger partial charge in [-0.1, -0.05) is 12.1 Å². The predicted molar refractivity (Wildman–Crippen MR) is 115 cm³/mol. The summed E-state index contributed by atoms with van der Waals surface area (Å²) in [4.78, 5) is 28.5. The second kappa shape index (κ2) is 8.48. The highest BCUT2D eigenvalue weighted by Gasteiger charge is 2.21. The number of ether oxygens (including phenoxy) is 2. The maximum absolute atomic E-state index is 12.5. The minimum atomic E-state index is -3.98. The Balaban J connectivity index is 1.46. The van der Waals surface area contributed by atoms with Gasteiger partial charge in [-0.3, -0.25) is 4.79 Å². The van der Waals surface area contributed by atoms with E-state index in [1.54, 1.807) is 12.1 Å². The number of aromatic nitrogens is 1. The molecule has 0 saturated heterocycles. The average molecular weight is 459 g/mol. The number of sulfonamides is 1. The molecule has 1 amide bonds. The summed E-state index contributed by atoms with van der Waals surface area (Å²) >= 11 is 1.11. The van der Waals surface area contributed by atoms with E-state index >= 15 is 0 Å². The van der Waals surface area contributed by atoms with Gasteiger partial charge in [0.25, 0.3) is 5.91 Å². The number of esters is 1. The highest BCUT2D eigenvalue weighted by molar-refractivity contribution is 7.89. The standard InChI is InChI=1S/C21H18N2O6S2/c1-28-21(25)16-4-2-3-13(9-16)12-31(26,27)23-19(24)18-11-22-20(30-18)15-5-6-17-14(10-15)7-8-29-17/h2-6,9-11H,7-8,12H2,1H3,(H,23,24). The molecule has 10 heteroatoms. The van der Waals surface area contributed by atoms with E-state index in [1.807, 2.05) is 18.2 Å². The molecule has 1 aliphatic heterocycles. The number of fused-ring (bicyclic) bond motifs is 1. The van der Waals surface area contributed by atoms with Crippen molar-refractivity contribution in [3.8, 4) is 16.3 Å². The monoisotopic (exact) mass is 458 g/mol.